The van der Waals surface area contributed by atoms with Crippen molar-refractivity contribution in [3.63, 3.8) is 0 Å². The fraction of sp³-hybridized carbons (Fsp3) is 0. The molecule has 10 aromatic carbocycles. The van der Waals surface area contributed by atoms with Gasteiger partial charge in [-0.3, -0.25) is 0 Å². The fourth-order valence-corrected chi connectivity index (χ4v) is 8.81. The highest BCUT2D eigenvalue weighted by molar-refractivity contribution is 6.25. The molecule has 0 aromatic heterocycles. The second-order valence-electron chi connectivity index (χ2n) is 13.6. The van der Waals surface area contributed by atoms with Crippen molar-refractivity contribution in [1.29, 1.82) is 0 Å². The lowest BCUT2D eigenvalue weighted by Gasteiger charge is -2.23. The molecule has 230 valence electrons. The largest absolute Gasteiger partial charge is 0.456 e. The second-order valence-corrected chi connectivity index (χ2v) is 13.6. The van der Waals surface area contributed by atoms with Gasteiger partial charge in [-0.2, -0.15) is 0 Å². The third-order valence-corrected chi connectivity index (χ3v) is 11.0. The molecule has 2 aliphatic heterocycles. The Morgan fingerprint density at radius 1 is 0.260 bits per heavy atom. The van der Waals surface area contributed by atoms with E-state index >= 15 is 0 Å². The zero-order valence-corrected chi connectivity index (χ0v) is 26.8. The lowest BCUT2D eigenvalue weighted by atomic mass is 9.86. The second kappa shape index (κ2) is 9.49. The Bertz CT molecular complexity index is 2820. The molecule has 0 saturated heterocycles. The van der Waals surface area contributed by atoms with Crippen LogP contribution in [0.25, 0.3) is 98.4 Å². The average Bonchev–Trinajstić information content (AvgIpc) is 3.17. The molecule has 0 N–H and O–H groups in total. The summed E-state index contributed by atoms with van der Waals surface area (Å²) in [5, 5.41) is 12.4. The number of para-hydroxylation sites is 2. The van der Waals surface area contributed by atoms with Gasteiger partial charge < -0.3 is 9.47 Å². The van der Waals surface area contributed by atoms with Gasteiger partial charge in [-0.1, -0.05) is 109 Å². The molecule has 50 heavy (non-hydrogen) atoms. The summed E-state index contributed by atoms with van der Waals surface area (Å²) in [6.45, 7) is 0. The summed E-state index contributed by atoms with van der Waals surface area (Å²) in [7, 11) is 0. The van der Waals surface area contributed by atoms with Crippen LogP contribution >= 0.6 is 0 Å². The SMILES string of the molecule is c1ccc2c(c1)Oc1ccc(-c3cc4ccc5cc(-c6ccc7c8c(cccc68)-c6ccccc6O7)cc6ccc(c3)c4c56)c3cccc-2c13. The topological polar surface area (TPSA) is 18.5 Å². The van der Waals surface area contributed by atoms with Crippen LogP contribution < -0.4 is 9.47 Å². The third kappa shape index (κ3) is 3.47. The zero-order valence-electron chi connectivity index (χ0n) is 26.8. The van der Waals surface area contributed by atoms with Gasteiger partial charge in [0.1, 0.15) is 23.0 Å². The molecule has 0 unspecified atom stereocenters. The predicted octanol–water partition coefficient (Wildman–Crippen LogP) is 13.8. The first kappa shape index (κ1) is 26.3. The van der Waals surface area contributed by atoms with Gasteiger partial charge in [0.05, 0.1) is 0 Å². The van der Waals surface area contributed by atoms with E-state index in [4.69, 9.17) is 9.47 Å². The summed E-state index contributed by atoms with van der Waals surface area (Å²) in [5.41, 5.74) is 9.60. The van der Waals surface area contributed by atoms with E-state index in [0.29, 0.717) is 0 Å². The predicted molar refractivity (Wildman–Crippen MR) is 207 cm³/mol. The van der Waals surface area contributed by atoms with Crippen LogP contribution in [-0.4, -0.2) is 0 Å². The Morgan fingerprint density at radius 3 is 1.10 bits per heavy atom. The van der Waals surface area contributed by atoms with E-state index in [9.17, 15) is 0 Å². The van der Waals surface area contributed by atoms with Gasteiger partial charge in [-0.25, -0.2) is 0 Å². The zero-order chi connectivity index (χ0) is 32.5. The Balaban J connectivity index is 1.03. The molecule has 0 fully saturated rings. The lowest BCUT2D eigenvalue weighted by molar-refractivity contribution is 0.487. The highest BCUT2D eigenvalue weighted by atomic mass is 16.5. The van der Waals surface area contributed by atoms with Crippen LogP contribution in [0, 0.1) is 0 Å². The molecule has 0 atom stereocenters. The van der Waals surface area contributed by atoms with Crippen LogP contribution in [0.4, 0.5) is 0 Å². The van der Waals surface area contributed by atoms with Crippen LogP contribution in [0.2, 0.25) is 0 Å². The van der Waals surface area contributed by atoms with Crippen molar-refractivity contribution in [2.24, 2.45) is 0 Å². The van der Waals surface area contributed by atoms with Crippen molar-refractivity contribution in [1.82, 2.24) is 0 Å². The summed E-state index contributed by atoms with van der Waals surface area (Å²) in [6.07, 6.45) is 0. The van der Waals surface area contributed by atoms with Gasteiger partial charge in [0, 0.05) is 21.9 Å². The number of rotatable bonds is 2. The first-order valence-corrected chi connectivity index (χ1v) is 17.2. The molecule has 2 heterocycles. The van der Waals surface area contributed by atoms with E-state index in [1.54, 1.807) is 0 Å². The van der Waals surface area contributed by atoms with Crippen LogP contribution in [-0.2, 0) is 0 Å². The molecule has 0 aliphatic carbocycles. The van der Waals surface area contributed by atoms with Gasteiger partial charge in [0.15, 0.2) is 0 Å². The van der Waals surface area contributed by atoms with E-state index in [1.165, 1.54) is 87.2 Å². The maximum Gasteiger partial charge on any atom is 0.135 e. The molecule has 2 nitrogen and oxygen atoms in total. The van der Waals surface area contributed by atoms with E-state index in [1.807, 2.05) is 12.1 Å². The molecule has 0 radical (unpaired) electrons. The Labute approximate surface area is 287 Å². The normalized spacial score (nSPS) is 12.7. The molecule has 2 aliphatic rings. The maximum atomic E-state index is 6.39. The minimum atomic E-state index is 0.912. The highest BCUT2D eigenvalue weighted by Gasteiger charge is 2.23. The average molecular weight is 635 g/mol. The van der Waals surface area contributed by atoms with Crippen LogP contribution in [0.1, 0.15) is 0 Å². The number of ether oxygens (including phenoxy) is 2. The first-order valence-electron chi connectivity index (χ1n) is 17.2. The minimum Gasteiger partial charge on any atom is -0.456 e. The van der Waals surface area contributed by atoms with E-state index < -0.39 is 0 Å². The molecule has 0 bridgehead atoms. The first-order chi connectivity index (χ1) is 24.8. The third-order valence-electron chi connectivity index (χ3n) is 11.0. The summed E-state index contributed by atoms with van der Waals surface area (Å²) < 4.78 is 12.8. The standard InChI is InChI=1S/C48H26O2/c1-3-13-41-35(7-1)39-11-5-9-37-33(19-21-43(49-41)47(37)39)31-23-27-15-17-29-25-32(26-30-18-16-28(24-31)45(27)46(29)30)34-20-22-44-48-38(34)10-6-12-40(48)36-8-2-4-14-42(36)50-44/h1-26H. The quantitative estimate of drug-likeness (QED) is 0.176. The number of hydrogen-bond acceptors (Lipinski definition) is 2. The highest BCUT2D eigenvalue weighted by Crippen LogP contribution is 2.51. The summed E-state index contributed by atoms with van der Waals surface area (Å²) in [5.74, 6) is 3.66. The Hall–Kier alpha value is -6.64. The molecular formula is C48H26O2. The van der Waals surface area contributed by atoms with Gasteiger partial charge in [-0.05, 0) is 125 Å². The smallest absolute Gasteiger partial charge is 0.135 e. The van der Waals surface area contributed by atoms with Crippen molar-refractivity contribution in [3.8, 4) is 67.5 Å². The van der Waals surface area contributed by atoms with E-state index in [-0.39, 0.29) is 0 Å². The van der Waals surface area contributed by atoms with Crippen LogP contribution in [0.15, 0.2) is 158 Å². The van der Waals surface area contributed by atoms with Gasteiger partial charge in [0.2, 0.25) is 0 Å². The summed E-state index contributed by atoms with van der Waals surface area (Å²) in [4.78, 5) is 0. The van der Waals surface area contributed by atoms with Gasteiger partial charge in [0.25, 0.3) is 0 Å². The summed E-state index contributed by atoms with van der Waals surface area (Å²) in [6, 6.07) is 57.2. The van der Waals surface area contributed by atoms with Crippen molar-refractivity contribution in [3.05, 3.63) is 158 Å². The van der Waals surface area contributed by atoms with Crippen molar-refractivity contribution in [2.45, 2.75) is 0 Å². The lowest BCUT2D eigenvalue weighted by Crippen LogP contribution is -1.97. The van der Waals surface area contributed by atoms with Crippen LogP contribution in [0.3, 0.4) is 0 Å². The Morgan fingerprint density at radius 2 is 0.660 bits per heavy atom. The van der Waals surface area contributed by atoms with Crippen molar-refractivity contribution < 1.29 is 9.47 Å². The van der Waals surface area contributed by atoms with E-state index in [2.05, 4.69) is 146 Å². The van der Waals surface area contributed by atoms with Gasteiger partial charge >= 0.3 is 0 Å². The Kier molecular flexibility index (Phi) is 5.00. The molecule has 0 spiro atoms. The van der Waals surface area contributed by atoms with Crippen LogP contribution in [0.5, 0.6) is 23.0 Å². The molecule has 2 heteroatoms. The summed E-state index contributed by atoms with van der Waals surface area (Å²) >= 11 is 0. The fourth-order valence-electron chi connectivity index (χ4n) is 8.81. The minimum absolute atomic E-state index is 0.912. The van der Waals surface area contributed by atoms with Crippen molar-refractivity contribution in [2.75, 3.05) is 0 Å². The molecule has 12 rings (SSSR count). The molecule has 10 aromatic rings. The van der Waals surface area contributed by atoms with E-state index in [0.717, 1.165) is 34.1 Å². The number of benzene rings is 10. The molecule has 0 saturated carbocycles. The number of fused-ring (bicyclic) bond motifs is 4. The van der Waals surface area contributed by atoms with Gasteiger partial charge in [-0.15, -0.1) is 0 Å². The van der Waals surface area contributed by atoms with Crippen molar-refractivity contribution >= 4 is 53.9 Å². The molecule has 0 amide bonds. The maximum absolute atomic E-state index is 6.39. The monoisotopic (exact) mass is 634 g/mol. The number of hydrogen-bond donors (Lipinski definition) is 0. The molecular weight excluding hydrogens is 609 g/mol.